The Labute approximate surface area is 247 Å². The van der Waals surface area contributed by atoms with E-state index in [1.165, 1.54) is 0 Å². The molecule has 10 nitrogen and oxygen atoms in total. The van der Waals surface area contributed by atoms with Crippen molar-refractivity contribution in [1.82, 2.24) is 19.3 Å². The minimum Gasteiger partial charge on any atom is -0.497 e. The van der Waals surface area contributed by atoms with E-state index in [4.69, 9.17) is 23.9 Å². The van der Waals surface area contributed by atoms with E-state index in [1.54, 1.807) is 32.4 Å². The van der Waals surface area contributed by atoms with E-state index < -0.39 is 0 Å². The van der Waals surface area contributed by atoms with Crippen LogP contribution in [0.25, 0.3) is 5.52 Å². The molecule has 1 fully saturated rings. The summed E-state index contributed by atoms with van der Waals surface area (Å²) in [6, 6.07) is 15.3. The Bertz CT molecular complexity index is 1480. The van der Waals surface area contributed by atoms with Crippen LogP contribution < -0.4 is 14.8 Å². The molecule has 0 saturated carbocycles. The van der Waals surface area contributed by atoms with Gasteiger partial charge in [0.25, 0.3) is 0 Å². The maximum atomic E-state index is 13.2. The first-order chi connectivity index (χ1) is 20.0. The summed E-state index contributed by atoms with van der Waals surface area (Å²) < 4.78 is 24.7. The number of anilines is 1. The smallest absolute Gasteiger partial charge is 0.410 e. The summed E-state index contributed by atoms with van der Waals surface area (Å²) >= 11 is 3.66. The van der Waals surface area contributed by atoms with Gasteiger partial charge in [-0.05, 0) is 46.5 Å². The standard InChI is InChI=1S/C30H34BrN5O5/c1-38-19-23-11-9-22(17-36(23)30(37)41-18-20-7-5-4-6-8-20)29-34-27(31)26-28(32-13-14-35(26)29)33-16-21-10-12-24(39-2)15-25(21)40-3/h4-8,10,12-15,22-23H,9,11,16-19H2,1-3H3,(H,32,33)/t22-,23-/m1/s1. The molecule has 1 amide bonds. The minimum absolute atomic E-state index is 0.00288. The highest BCUT2D eigenvalue weighted by atomic mass is 79.9. The number of halogens is 1. The number of fused-ring (bicyclic) bond motifs is 1. The molecule has 0 bridgehead atoms. The molecule has 0 spiro atoms. The summed E-state index contributed by atoms with van der Waals surface area (Å²) in [5, 5.41) is 3.43. The van der Waals surface area contributed by atoms with E-state index in [2.05, 4.69) is 26.2 Å². The van der Waals surface area contributed by atoms with Gasteiger partial charge in [-0.1, -0.05) is 30.3 Å². The average molecular weight is 625 g/mol. The minimum atomic E-state index is -0.349. The second kappa shape index (κ2) is 13.2. The van der Waals surface area contributed by atoms with Crippen LogP contribution in [0.4, 0.5) is 10.6 Å². The normalized spacial score (nSPS) is 16.9. The predicted molar refractivity (Wildman–Crippen MR) is 159 cm³/mol. The summed E-state index contributed by atoms with van der Waals surface area (Å²) in [5.41, 5.74) is 2.74. The molecule has 5 rings (SSSR count). The number of carbonyl (C=O) groups excluding carboxylic acids is 1. The average Bonchev–Trinajstić information content (AvgIpc) is 3.36. The van der Waals surface area contributed by atoms with Gasteiger partial charge in [0, 0.05) is 50.1 Å². The van der Waals surface area contributed by atoms with Crippen LogP contribution in [0.5, 0.6) is 11.5 Å². The monoisotopic (exact) mass is 623 g/mol. The van der Waals surface area contributed by atoms with Gasteiger partial charge in [0.1, 0.15) is 34.1 Å². The van der Waals surface area contributed by atoms with Crippen molar-refractivity contribution < 1.29 is 23.7 Å². The van der Waals surface area contributed by atoms with E-state index >= 15 is 0 Å². The Kier molecular flexibility index (Phi) is 9.25. The van der Waals surface area contributed by atoms with Gasteiger partial charge in [-0.2, -0.15) is 0 Å². The van der Waals surface area contributed by atoms with E-state index in [-0.39, 0.29) is 24.7 Å². The first-order valence-corrected chi connectivity index (χ1v) is 14.2. The number of carbonyl (C=O) groups is 1. The lowest BCUT2D eigenvalue weighted by Gasteiger charge is -2.38. The Balaban J connectivity index is 1.35. The topological polar surface area (TPSA) is 99.5 Å². The number of imidazole rings is 1. The van der Waals surface area contributed by atoms with Crippen molar-refractivity contribution in [3.8, 4) is 11.5 Å². The molecule has 1 N–H and O–H groups in total. The van der Waals surface area contributed by atoms with Crippen molar-refractivity contribution in [2.24, 2.45) is 0 Å². The number of ether oxygens (including phenoxy) is 4. The maximum absolute atomic E-state index is 13.2. The van der Waals surface area contributed by atoms with Crippen LogP contribution in [0.2, 0.25) is 0 Å². The second-order valence-corrected chi connectivity index (χ2v) is 10.6. The lowest BCUT2D eigenvalue weighted by molar-refractivity contribution is 0.0338. The van der Waals surface area contributed by atoms with Gasteiger partial charge < -0.3 is 29.2 Å². The number of amides is 1. The van der Waals surface area contributed by atoms with Gasteiger partial charge in [0.2, 0.25) is 0 Å². The molecule has 0 aliphatic carbocycles. The van der Waals surface area contributed by atoms with E-state index in [1.807, 2.05) is 59.1 Å². The van der Waals surface area contributed by atoms with Gasteiger partial charge in [0.15, 0.2) is 5.82 Å². The zero-order valence-electron chi connectivity index (χ0n) is 23.4. The summed E-state index contributed by atoms with van der Waals surface area (Å²) in [6.07, 6.45) is 4.94. The summed E-state index contributed by atoms with van der Waals surface area (Å²) in [4.78, 5) is 24.5. The Morgan fingerprint density at radius 2 is 1.93 bits per heavy atom. The van der Waals surface area contributed by atoms with Gasteiger partial charge in [-0.3, -0.25) is 4.40 Å². The third-order valence-corrected chi connectivity index (χ3v) is 7.90. The second-order valence-electron chi connectivity index (χ2n) is 9.86. The molecule has 216 valence electrons. The molecular weight excluding hydrogens is 590 g/mol. The third-order valence-electron chi connectivity index (χ3n) is 7.35. The Morgan fingerprint density at radius 3 is 2.68 bits per heavy atom. The number of benzene rings is 2. The SMILES string of the molecule is COC[C@H]1CC[C@@H](c2nc(Br)c3c(NCc4ccc(OC)cc4OC)nccn23)CN1C(=O)OCc1ccccc1. The predicted octanol–water partition coefficient (Wildman–Crippen LogP) is 5.65. The lowest BCUT2D eigenvalue weighted by atomic mass is 9.92. The fourth-order valence-corrected chi connectivity index (χ4v) is 5.80. The zero-order chi connectivity index (χ0) is 28.8. The Hall–Kier alpha value is -3.83. The summed E-state index contributed by atoms with van der Waals surface area (Å²) in [5.74, 6) is 3.00. The highest BCUT2D eigenvalue weighted by Gasteiger charge is 2.35. The number of likely N-dealkylation sites (tertiary alicyclic amines) is 1. The van der Waals surface area contributed by atoms with Gasteiger partial charge in [-0.25, -0.2) is 14.8 Å². The molecule has 11 heteroatoms. The van der Waals surface area contributed by atoms with Crippen LogP contribution in [-0.4, -0.2) is 65.9 Å². The lowest BCUT2D eigenvalue weighted by Crippen LogP contribution is -2.48. The number of nitrogens with one attached hydrogen (secondary N) is 1. The fourth-order valence-electron chi connectivity index (χ4n) is 5.24. The van der Waals surface area contributed by atoms with Gasteiger partial charge in [-0.15, -0.1) is 0 Å². The molecule has 4 aromatic rings. The third kappa shape index (κ3) is 6.41. The van der Waals surface area contributed by atoms with E-state index in [0.717, 1.165) is 46.8 Å². The number of aromatic nitrogens is 3. The van der Waals surface area contributed by atoms with Crippen LogP contribution in [0.3, 0.4) is 0 Å². The fraction of sp³-hybridized carbons (Fsp3) is 0.367. The number of methoxy groups -OCH3 is 3. The Morgan fingerprint density at radius 1 is 1.10 bits per heavy atom. The highest BCUT2D eigenvalue weighted by Crippen LogP contribution is 2.35. The summed E-state index contributed by atoms with van der Waals surface area (Å²) in [6.45, 7) is 1.64. The largest absolute Gasteiger partial charge is 0.497 e. The van der Waals surface area contributed by atoms with Crippen molar-refractivity contribution in [3.63, 3.8) is 0 Å². The van der Waals surface area contributed by atoms with E-state index in [0.29, 0.717) is 30.1 Å². The van der Waals surface area contributed by atoms with Crippen LogP contribution in [0, 0.1) is 0 Å². The van der Waals surface area contributed by atoms with Gasteiger partial charge >= 0.3 is 6.09 Å². The quantitative estimate of drug-likeness (QED) is 0.242. The van der Waals surface area contributed by atoms with Crippen molar-refractivity contribution in [2.45, 2.75) is 38.0 Å². The van der Waals surface area contributed by atoms with Crippen LogP contribution >= 0.6 is 15.9 Å². The molecule has 2 atom stereocenters. The first kappa shape index (κ1) is 28.7. The molecule has 2 aromatic carbocycles. The number of piperidine rings is 1. The van der Waals surface area contributed by atoms with E-state index in [9.17, 15) is 4.79 Å². The first-order valence-electron chi connectivity index (χ1n) is 13.5. The molecular formula is C30H34BrN5O5. The maximum Gasteiger partial charge on any atom is 0.410 e. The van der Waals surface area contributed by atoms with Crippen molar-refractivity contribution in [3.05, 3.63) is 82.5 Å². The summed E-state index contributed by atoms with van der Waals surface area (Å²) in [7, 11) is 4.92. The molecule has 0 radical (unpaired) electrons. The molecule has 1 aliphatic heterocycles. The van der Waals surface area contributed by atoms with Crippen molar-refractivity contribution in [1.29, 1.82) is 0 Å². The van der Waals surface area contributed by atoms with Crippen LogP contribution in [0.15, 0.2) is 65.5 Å². The molecule has 41 heavy (non-hydrogen) atoms. The molecule has 2 aromatic heterocycles. The van der Waals surface area contributed by atoms with Crippen molar-refractivity contribution in [2.75, 3.05) is 39.8 Å². The van der Waals surface area contributed by atoms with Crippen LogP contribution in [-0.2, 0) is 22.6 Å². The van der Waals surface area contributed by atoms with Gasteiger partial charge in [0.05, 0.1) is 26.9 Å². The number of rotatable bonds is 10. The molecule has 1 aliphatic rings. The number of hydrogen-bond acceptors (Lipinski definition) is 8. The zero-order valence-corrected chi connectivity index (χ0v) is 25.0. The number of nitrogens with zero attached hydrogens (tertiary/aromatic N) is 4. The highest BCUT2D eigenvalue weighted by molar-refractivity contribution is 9.10. The molecule has 1 saturated heterocycles. The van der Waals surface area contributed by atoms with Crippen molar-refractivity contribution >= 4 is 33.4 Å². The molecule has 3 heterocycles. The number of hydrogen-bond donors (Lipinski definition) is 1. The van der Waals surface area contributed by atoms with Crippen LogP contribution in [0.1, 0.15) is 35.7 Å². The molecule has 0 unspecified atom stereocenters.